The van der Waals surface area contributed by atoms with Crippen LogP contribution in [0.2, 0.25) is 0 Å². The number of hydrogen-bond acceptors (Lipinski definition) is 11. The molecule has 4 aliphatic rings. The van der Waals surface area contributed by atoms with Crippen LogP contribution in [0.1, 0.15) is 38.0 Å². The second-order valence-electron chi connectivity index (χ2n) is 9.65. The highest BCUT2D eigenvalue weighted by molar-refractivity contribution is 5.94. The minimum absolute atomic E-state index is 0.00559. The summed E-state index contributed by atoms with van der Waals surface area (Å²) in [6.07, 6.45) is 5.67. The van der Waals surface area contributed by atoms with Crippen LogP contribution >= 0.6 is 0 Å². The number of ether oxygens (including phenoxy) is 2. The van der Waals surface area contributed by atoms with Gasteiger partial charge in [-0.2, -0.15) is 4.68 Å². The Morgan fingerprint density at radius 1 is 1.20 bits per heavy atom. The molecule has 1 amide bonds. The van der Waals surface area contributed by atoms with Crippen molar-refractivity contribution in [2.75, 3.05) is 32.9 Å². The van der Waals surface area contributed by atoms with Gasteiger partial charge in [0.1, 0.15) is 19.0 Å². The first kappa shape index (κ1) is 22.2. The largest absolute Gasteiger partial charge is 0.456 e. The fraction of sp³-hybridized carbons (Fsp3) is 0.591. The quantitative estimate of drug-likeness (QED) is 0.544. The van der Waals surface area contributed by atoms with E-state index in [1.165, 1.54) is 23.4 Å². The van der Waals surface area contributed by atoms with Crippen LogP contribution in [0.5, 0.6) is 0 Å². The zero-order valence-electron chi connectivity index (χ0n) is 19.3. The maximum Gasteiger partial charge on any atom is 0.336 e. The molecule has 13 heteroatoms. The smallest absolute Gasteiger partial charge is 0.336 e. The van der Waals surface area contributed by atoms with Crippen molar-refractivity contribution in [2.45, 2.75) is 44.4 Å². The van der Waals surface area contributed by atoms with Gasteiger partial charge in [0.05, 0.1) is 48.0 Å². The molecule has 6 rings (SSSR count). The van der Waals surface area contributed by atoms with E-state index in [0.717, 1.165) is 6.42 Å². The first-order valence-corrected chi connectivity index (χ1v) is 11.7. The fourth-order valence-electron chi connectivity index (χ4n) is 5.85. The van der Waals surface area contributed by atoms with Crippen LogP contribution in [-0.2, 0) is 19.1 Å². The standard InChI is InChI=1S/C22H26N8O5/c1-13-17(11-35-20(13)32)28-3-2-22(21(28)33)4-14-9-34-10-15(5-22)29(14)8-18(31)16-6-24-19(7-23-16)30-12-25-26-27-30/h6-7,12,14-15,18,31H,2-5,8-11H2,1H3/t14?,15?,18-,22?/m0/s1. The highest BCUT2D eigenvalue weighted by Crippen LogP contribution is 2.49. The topological polar surface area (TPSA) is 149 Å². The number of carbonyl (C=O) groups is 2. The summed E-state index contributed by atoms with van der Waals surface area (Å²) in [5.74, 6) is 0.184. The van der Waals surface area contributed by atoms with Crippen LogP contribution < -0.4 is 0 Å². The van der Waals surface area contributed by atoms with E-state index in [2.05, 4.69) is 30.4 Å². The molecular formula is C22H26N8O5. The Morgan fingerprint density at radius 3 is 2.63 bits per heavy atom. The summed E-state index contributed by atoms with van der Waals surface area (Å²) < 4.78 is 12.4. The molecule has 4 aliphatic heterocycles. The molecule has 35 heavy (non-hydrogen) atoms. The van der Waals surface area contributed by atoms with E-state index in [1.54, 1.807) is 11.8 Å². The number of amides is 1. The summed E-state index contributed by atoms with van der Waals surface area (Å²) in [5, 5.41) is 21.9. The predicted molar refractivity (Wildman–Crippen MR) is 116 cm³/mol. The minimum atomic E-state index is -0.840. The Morgan fingerprint density at radius 2 is 2.00 bits per heavy atom. The maximum atomic E-state index is 13.6. The molecule has 0 radical (unpaired) electrons. The maximum absolute atomic E-state index is 13.6. The van der Waals surface area contributed by atoms with Crippen LogP contribution in [0.25, 0.3) is 5.82 Å². The van der Waals surface area contributed by atoms with Crippen molar-refractivity contribution in [3.8, 4) is 5.82 Å². The lowest BCUT2D eigenvalue weighted by molar-refractivity contribution is -0.152. The first-order chi connectivity index (χ1) is 16.9. The molecular weight excluding hydrogens is 456 g/mol. The van der Waals surface area contributed by atoms with Crippen LogP contribution in [0.15, 0.2) is 30.0 Å². The van der Waals surface area contributed by atoms with Crippen LogP contribution in [0.3, 0.4) is 0 Å². The van der Waals surface area contributed by atoms with Gasteiger partial charge in [-0.05, 0) is 36.6 Å². The number of fused-ring (bicyclic) bond motifs is 2. The van der Waals surface area contributed by atoms with E-state index in [9.17, 15) is 14.7 Å². The van der Waals surface area contributed by atoms with Gasteiger partial charge in [-0.25, -0.2) is 9.78 Å². The molecule has 2 aromatic heterocycles. The Hall–Kier alpha value is -3.29. The number of aliphatic hydroxyl groups is 1. The van der Waals surface area contributed by atoms with Gasteiger partial charge in [-0.1, -0.05) is 0 Å². The molecule has 184 valence electrons. The third-order valence-electron chi connectivity index (χ3n) is 7.70. The average molecular weight is 483 g/mol. The molecule has 2 unspecified atom stereocenters. The Kier molecular flexibility index (Phi) is 5.34. The number of nitrogens with zero attached hydrogens (tertiary/aromatic N) is 8. The summed E-state index contributed by atoms with van der Waals surface area (Å²) in [6, 6.07) is 0.0112. The average Bonchev–Trinajstić information content (AvgIpc) is 3.57. The van der Waals surface area contributed by atoms with E-state index in [4.69, 9.17) is 9.47 Å². The van der Waals surface area contributed by atoms with E-state index < -0.39 is 11.5 Å². The monoisotopic (exact) mass is 482 g/mol. The number of rotatable bonds is 5. The van der Waals surface area contributed by atoms with Gasteiger partial charge < -0.3 is 19.5 Å². The van der Waals surface area contributed by atoms with Crippen LogP contribution in [0.4, 0.5) is 0 Å². The Balaban J connectivity index is 1.16. The number of esters is 1. The molecule has 2 aromatic rings. The minimum Gasteiger partial charge on any atom is -0.456 e. The number of hydrogen-bond donors (Lipinski definition) is 1. The molecule has 0 saturated carbocycles. The molecule has 13 nitrogen and oxygen atoms in total. The van der Waals surface area contributed by atoms with Gasteiger partial charge >= 0.3 is 5.97 Å². The molecule has 3 saturated heterocycles. The van der Waals surface area contributed by atoms with E-state index in [-0.39, 0.29) is 30.6 Å². The van der Waals surface area contributed by atoms with Crippen molar-refractivity contribution in [1.82, 2.24) is 40.0 Å². The number of aromatic nitrogens is 6. The fourth-order valence-corrected chi connectivity index (χ4v) is 5.85. The number of morpholine rings is 1. The molecule has 1 spiro atoms. The molecule has 0 aromatic carbocycles. The second-order valence-corrected chi connectivity index (χ2v) is 9.65. The van der Waals surface area contributed by atoms with Crippen molar-refractivity contribution in [3.63, 3.8) is 0 Å². The number of aliphatic hydroxyl groups excluding tert-OH is 1. The van der Waals surface area contributed by atoms with Crippen molar-refractivity contribution in [3.05, 3.63) is 35.7 Å². The van der Waals surface area contributed by atoms with E-state index in [1.807, 2.05) is 0 Å². The van der Waals surface area contributed by atoms with Crippen molar-refractivity contribution >= 4 is 11.9 Å². The van der Waals surface area contributed by atoms with Gasteiger partial charge in [0, 0.05) is 25.2 Å². The highest BCUT2D eigenvalue weighted by Gasteiger charge is 2.56. The highest BCUT2D eigenvalue weighted by atomic mass is 16.5. The van der Waals surface area contributed by atoms with Crippen LogP contribution in [-0.4, -0.2) is 102 Å². The number of likely N-dealkylation sites (tertiary alicyclic amines) is 1. The molecule has 6 heterocycles. The molecule has 2 bridgehead atoms. The first-order valence-electron chi connectivity index (χ1n) is 11.7. The summed E-state index contributed by atoms with van der Waals surface area (Å²) in [6.45, 7) is 3.85. The number of carbonyl (C=O) groups excluding carboxylic acids is 2. The van der Waals surface area contributed by atoms with E-state index in [0.29, 0.717) is 61.9 Å². The summed E-state index contributed by atoms with van der Waals surface area (Å²) in [4.78, 5) is 38.1. The van der Waals surface area contributed by atoms with Crippen molar-refractivity contribution in [1.29, 1.82) is 0 Å². The van der Waals surface area contributed by atoms with Crippen LogP contribution in [0, 0.1) is 5.41 Å². The lowest BCUT2D eigenvalue weighted by Gasteiger charge is -2.52. The molecule has 3 fully saturated rings. The molecule has 3 atom stereocenters. The number of piperidine rings is 1. The van der Waals surface area contributed by atoms with Gasteiger partial charge in [0.25, 0.3) is 0 Å². The van der Waals surface area contributed by atoms with Gasteiger partial charge in [-0.3, -0.25) is 14.7 Å². The van der Waals surface area contributed by atoms with Crippen molar-refractivity contribution < 1.29 is 24.2 Å². The Bertz CT molecular complexity index is 1150. The summed E-state index contributed by atoms with van der Waals surface area (Å²) >= 11 is 0. The van der Waals surface area contributed by atoms with Gasteiger partial charge in [-0.15, -0.1) is 5.10 Å². The number of tetrazole rings is 1. The van der Waals surface area contributed by atoms with Gasteiger partial charge in [0.2, 0.25) is 5.91 Å². The zero-order chi connectivity index (χ0) is 24.2. The normalized spacial score (nSPS) is 29.8. The van der Waals surface area contributed by atoms with Gasteiger partial charge in [0.15, 0.2) is 5.82 Å². The lowest BCUT2D eigenvalue weighted by Crippen LogP contribution is -2.61. The third-order valence-corrected chi connectivity index (χ3v) is 7.70. The molecule has 1 N–H and O–H groups in total. The van der Waals surface area contributed by atoms with Crippen molar-refractivity contribution in [2.24, 2.45) is 5.41 Å². The third kappa shape index (κ3) is 3.70. The SMILES string of the molecule is CC1=C(N2CCC3(CC4COCC(C3)N4C[C@H](O)c3cnc(-n4cnnn4)cn3)C2=O)COC1=O. The lowest BCUT2D eigenvalue weighted by atomic mass is 9.70. The second kappa shape index (κ2) is 8.43. The predicted octanol–water partition coefficient (Wildman–Crippen LogP) is -0.602. The zero-order valence-corrected chi connectivity index (χ0v) is 19.3. The van der Waals surface area contributed by atoms with E-state index >= 15 is 0 Å². The summed E-state index contributed by atoms with van der Waals surface area (Å²) in [5.41, 5.74) is 1.19. The Labute approximate surface area is 200 Å². The number of cyclic esters (lactones) is 1. The summed E-state index contributed by atoms with van der Waals surface area (Å²) in [7, 11) is 0. The molecule has 0 aliphatic carbocycles.